The molecule has 2 heterocycles. The number of halogens is 1. The van der Waals surface area contributed by atoms with Crippen molar-refractivity contribution < 1.29 is 4.79 Å². The molecule has 1 aromatic heterocycles. The molecule has 0 radical (unpaired) electrons. The molecule has 154 valence electrons. The molecule has 3 aromatic rings. The Bertz CT molecular complexity index is 1080. The normalized spacial score (nSPS) is 15.9. The van der Waals surface area contributed by atoms with Crippen molar-refractivity contribution in [1.82, 2.24) is 15.1 Å². The molecule has 0 aliphatic carbocycles. The molecule has 1 aliphatic rings. The second kappa shape index (κ2) is 9.26. The lowest BCUT2D eigenvalue weighted by Crippen LogP contribution is -2.36. The van der Waals surface area contributed by atoms with Gasteiger partial charge in [-0.25, -0.2) is 4.68 Å². The smallest absolute Gasteiger partial charge is 0.267 e. The molecule has 0 spiro atoms. The van der Waals surface area contributed by atoms with Crippen molar-refractivity contribution >= 4 is 27.5 Å². The Labute approximate surface area is 183 Å². The van der Waals surface area contributed by atoms with E-state index in [1.807, 2.05) is 42.5 Å². The molecule has 1 atom stereocenters. The van der Waals surface area contributed by atoms with E-state index < -0.39 is 0 Å². The number of aromatic nitrogens is 2. The maximum atomic E-state index is 12.4. The highest BCUT2D eigenvalue weighted by Gasteiger charge is 2.23. The average Bonchev–Trinajstić information content (AvgIpc) is 3.24. The quantitative estimate of drug-likeness (QED) is 0.604. The van der Waals surface area contributed by atoms with Crippen molar-refractivity contribution in [3.63, 3.8) is 0 Å². The van der Waals surface area contributed by atoms with E-state index in [1.165, 1.54) is 16.4 Å². The van der Waals surface area contributed by atoms with Gasteiger partial charge in [-0.05, 0) is 36.6 Å². The third kappa shape index (κ3) is 4.97. The number of nitrogens with zero attached hydrogens (tertiary/aromatic N) is 3. The third-order valence-electron chi connectivity index (χ3n) is 5.28. The molecule has 0 bridgehead atoms. The van der Waals surface area contributed by atoms with Crippen LogP contribution in [0.1, 0.15) is 6.42 Å². The number of anilines is 1. The van der Waals surface area contributed by atoms with Crippen LogP contribution >= 0.6 is 15.9 Å². The van der Waals surface area contributed by atoms with Crippen LogP contribution in [-0.2, 0) is 11.3 Å². The number of hydrogen-bond acceptors (Lipinski definition) is 4. The van der Waals surface area contributed by atoms with Crippen molar-refractivity contribution in [3.05, 3.63) is 81.6 Å². The van der Waals surface area contributed by atoms with Gasteiger partial charge in [0.05, 0.1) is 5.69 Å². The first-order valence-corrected chi connectivity index (χ1v) is 10.8. The lowest BCUT2D eigenvalue weighted by atomic mass is 10.1. The zero-order chi connectivity index (χ0) is 20.9. The van der Waals surface area contributed by atoms with E-state index in [1.54, 1.807) is 6.07 Å². The van der Waals surface area contributed by atoms with E-state index in [2.05, 4.69) is 43.4 Å². The summed E-state index contributed by atoms with van der Waals surface area (Å²) in [4.78, 5) is 26.9. The highest BCUT2D eigenvalue weighted by Crippen LogP contribution is 2.25. The van der Waals surface area contributed by atoms with E-state index in [0.29, 0.717) is 18.2 Å². The minimum Gasteiger partial charge on any atom is -0.371 e. The van der Waals surface area contributed by atoms with Crippen molar-refractivity contribution in [2.24, 2.45) is 5.92 Å². The van der Waals surface area contributed by atoms with Gasteiger partial charge in [-0.2, -0.15) is 5.10 Å². The fourth-order valence-corrected chi connectivity index (χ4v) is 4.07. The number of rotatable bonds is 6. The van der Waals surface area contributed by atoms with Gasteiger partial charge < -0.3 is 10.2 Å². The monoisotopic (exact) mass is 466 g/mol. The summed E-state index contributed by atoms with van der Waals surface area (Å²) in [7, 11) is 0. The standard InChI is InChI=1S/C23H23BrN4O2/c24-19-7-4-8-20(13-19)27-12-11-17(15-27)14-25-22(29)16-28-23(30)10-9-21(26-28)18-5-2-1-3-6-18/h1-10,13,17H,11-12,14-16H2,(H,25,29). The highest BCUT2D eigenvalue weighted by atomic mass is 79.9. The molecule has 1 N–H and O–H groups in total. The Morgan fingerprint density at radius 3 is 2.73 bits per heavy atom. The van der Waals surface area contributed by atoms with E-state index in [9.17, 15) is 9.59 Å². The minimum atomic E-state index is -0.286. The first kappa shape index (κ1) is 20.3. The van der Waals surface area contributed by atoms with E-state index in [0.717, 1.165) is 29.5 Å². The largest absolute Gasteiger partial charge is 0.371 e. The Morgan fingerprint density at radius 1 is 1.10 bits per heavy atom. The molecular formula is C23H23BrN4O2. The van der Waals surface area contributed by atoms with Crippen LogP contribution in [-0.4, -0.2) is 35.3 Å². The van der Waals surface area contributed by atoms with Gasteiger partial charge >= 0.3 is 0 Å². The van der Waals surface area contributed by atoms with Crippen LogP contribution in [0.3, 0.4) is 0 Å². The summed E-state index contributed by atoms with van der Waals surface area (Å²) >= 11 is 3.51. The van der Waals surface area contributed by atoms with Crippen LogP contribution < -0.4 is 15.8 Å². The van der Waals surface area contributed by atoms with Crippen LogP contribution in [0.25, 0.3) is 11.3 Å². The van der Waals surface area contributed by atoms with Gasteiger partial charge in [0.25, 0.3) is 5.56 Å². The number of amides is 1. The molecule has 30 heavy (non-hydrogen) atoms. The number of carbonyl (C=O) groups excluding carboxylic acids is 1. The molecule has 1 aliphatic heterocycles. The van der Waals surface area contributed by atoms with Gasteiger partial charge in [0.1, 0.15) is 6.54 Å². The Balaban J connectivity index is 1.33. The Kier molecular flexibility index (Phi) is 6.28. The minimum absolute atomic E-state index is 0.0818. The molecule has 7 heteroatoms. The zero-order valence-corrected chi connectivity index (χ0v) is 18.1. The summed E-state index contributed by atoms with van der Waals surface area (Å²) in [5.41, 5.74) is 2.48. The number of nitrogens with one attached hydrogen (secondary N) is 1. The highest BCUT2D eigenvalue weighted by molar-refractivity contribution is 9.10. The lowest BCUT2D eigenvalue weighted by Gasteiger charge is -2.19. The molecule has 4 rings (SSSR count). The van der Waals surface area contributed by atoms with Crippen LogP contribution in [0.4, 0.5) is 5.69 Å². The summed E-state index contributed by atoms with van der Waals surface area (Å²) in [6, 6.07) is 21.0. The molecular weight excluding hydrogens is 444 g/mol. The predicted molar refractivity (Wildman–Crippen MR) is 121 cm³/mol. The first-order chi connectivity index (χ1) is 14.6. The molecule has 1 amide bonds. The van der Waals surface area contributed by atoms with Crippen molar-refractivity contribution in [3.8, 4) is 11.3 Å². The molecule has 1 unspecified atom stereocenters. The Hall–Kier alpha value is -2.93. The lowest BCUT2D eigenvalue weighted by molar-refractivity contribution is -0.122. The van der Waals surface area contributed by atoms with E-state index in [-0.39, 0.29) is 18.0 Å². The maximum absolute atomic E-state index is 12.4. The fourth-order valence-electron chi connectivity index (χ4n) is 3.68. The Morgan fingerprint density at radius 2 is 1.93 bits per heavy atom. The number of hydrogen-bond donors (Lipinski definition) is 1. The molecule has 1 saturated heterocycles. The molecule has 1 fully saturated rings. The van der Waals surface area contributed by atoms with E-state index in [4.69, 9.17) is 0 Å². The summed E-state index contributed by atoms with van der Waals surface area (Å²) in [5, 5.41) is 7.32. The molecule has 2 aromatic carbocycles. The van der Waals surface area contributed by atoms with Gasteiger partial charge in [-0.1, -0.05) is 52.3 Å². The van der Waals surface area contributed by atoms with Crippen LogP contribution in [0.5, 0.6) is 0 Å². The zero-order valence-electron chi connectivity index (χ0n) is 16.5. The predicted octanol–water partition coefficient (Wildman–Crippen LogP) is 3.32. The van der Waals surface area contributed by atoms with E-state index >= 15 is 0 Å². The second-order valence-corrected chi connectivity index (χ2v) is 8.38. The van der Waals surface area contributed by atoms with Crippen molar-refractivity contribution in [2.45, 2.75) is 13.0 Å². The molecule has 0 saturated carbocycles. The summed E-state index contributed by atoms with van der Waals surface area (Å²) < 4.78 is 2.28. The van der Waals surface area contributed by atoms with Crippen molar-refractivity contribution in [2.75, 3.05) is 24.5 Å². The summed E-state index contributed by atoms with van der Waals surface area (Å²) in [5.74, 6) is 0.184. The number of carbonyl (C=O) groups is 1. The summed E-state index contributed by atoms with van der Waals surface area (Å²) in [6.07, 6.45) is 1.02. The van der Waals surface area contributed by atoms with Gasteiger partial charge in [-0.3, -0.25) is 9.59 Å². The first-order valence-electron chi connectivity index (χ1n) is 9.99. The van der Waals surface area contributed by atoms with Gasteiger partial charge in [-0.15, -0.1) is 0 Å². The topological polar surface area (TPSA) is 67.2 Å². The SMILES string of the molecule is O=C(Cn1nc(-c2ccccc2)ccc1=O)NCC1CCN(c2cccc(Br)c2)C1. The van der Waals surface area contributed by atoms with Gasteiger partial charge in [0, 0.05) is 41.4 Å². The van der Waals surface area contributed by atoms with Crippen LogP contribution in [0.15, 0.2) is 76.0 Å². The average molecular weight is 467 g/mol. The maximum Gasteiger partial charge on any atom is 0.267 e. The van der Waals surface area contributed by atoms with Crippen molar-refractivity contribution in [1.29, 1.82) is 0 Å². The van der Waals surface area contributed by atoms with Crippen LogP contribution in [0, 0.1) is 5.92 Å². The fraction of sp³-hybridized carbons (Fsp3) is 0.261. The van der Waals surface area contributed by atoms with Gasteiger partial charge in [0.2, 0.25) is 5.91 Å². The summed E-state index contributed by atoms with van der Waals surface area (Å²) in [6.45, 7) is 2.38. The number of benzene rings is 2. The third-order valence-corrected chi connectivity index (χ3v) is 5.77. The second-order valence-electron chi connectivity index (χ2n) is 7.47. The van der Waals surface area contributed by atoms with Gasteiger partial charge in [0.15, 0.2) is 0 Å². The molecule has 6 nitrogen and oxygen atoms in total. The van der Waals surface area contributed by atoms with Crippen LogP contribution in [0.2, 0.25) is 0 Å².